The van der Waals surface area contributed by atoms with E-state index >= 15 is 0 Å². The molecule has 27 heavy (non-hydrogen) atoms. The van der Waals surface area contributed by atoms with Crippen molar-refractivity contribution in [2.45, 2.75) is 45.1 Å². The number of rotatable bonds is 4. The number of hydrogen-bond acceptors (Lipinski definition) is 5. The zero-order valence-electron chi connectivity index (χ0n) is 16.3. The second-order valence-electron chi connectivity index (χ2n) is 7.86. The molecule has 0 atom stereocenters. The van der Waals surface area contributed by atoms with E-state index in [0.29, 0.717) is 37.7 Å². The molecule has 2 aliphatic heterocycles. The fourth-order valence-electron chi connectivity index (χ4n) is 3.89. The molecule has 2 aliphatic rings. The van der Waals surface area contributed by atoms with Crippen molar-refractivity contribution < 1.29 is 13.2 Å². The molecular weight excluding hydrogens is 370 g/mol. The van der Waals surface area contributed by atoms with Gasteiger partial charge < -0.3 is 4.90 Å². The monoisotopic (exact) mass is 399 g/mol. The van der Waals surface area contributed by atoms with Crippen LogP contribution in [0.15, 0.2) is 4.79 Å². The normalized spacial score (nSPS) is 20.9. The van der Waals surface area contributed by atoms with Gasteiger partial charge in [-0.2, -0.15) is 5.10 Å². The topological polar surface area (TPSA) is 97.5 Å². The highest BCUT2D eigenvalue weighted by Crippen LogP contribution is 2.26. The SMILES string of the molecule is CC1CCN(C(=O)Cn2nc(C3CCN(S(C)(=O)=O)CC3)n(C)c2=O)CC1. The minimum Gasteiger partial charge on any atom is -0.341 e. The van der Waals surface area contributed by atoms with Crippen LogP contribution in [-0.4, -0.2) is 70.3 Å². The van der Waals surface area contributed by atoms with Gasteiger partial charge in [0.15, 0.2) is 0 Å². The molecule has 1 aromatic heterocycles. The van der Waals surface area contributed by atoms with Crippen molar-refractivity contribution in [1.29, 1.82) is 0 Å². The third kappa shape index (κ3) is 4.43. The summed E-state index contributed by atoms with van der Waals surface area (Å²) in [7, 11) is -1.52. The minimum atomic E-state index is -3.19. The van der Waals surface area contributed by atoms with Gasteiger partial charge in [0, 0.05) is 39.1 Å². The molecule has 152 valence electrons. The second kappa shape index (κ2) is 7.75. The van der Waals surface area contributed by atoms with Gasteiger partial charge in [0.05, 0.1) is 6.26 Å². The maximum atomic E-state index is 12.5. The predicted octanol–water partition coefficient (Wildman–Crippen LogP) is -0.0207. The fraction of sp³-hybridized carbons (Fsp3) is 0.824. The smallest absolute Gasteiger partial charge is 0.341 e. The summed E-state index contributed by atoms with van der Waals surface area (Å²) in [6.07, 6.45) is 4.44. The van der Waals surface area contributed by atoms with E-state index in [2.05, 4.69) is 12.0 Å². The quantitative estimate of drug-likeness (QED) is 0.709. The molecule has 0 radical (unpaired) electrons. The highest BCUT2D eigenvalue weighted by molar-refractivity contribution is 7.88. The van der Waals surface area contributed by atoms with E-state index in [0.717, 1.165) is 25.9 Å². The molecular formula is C17H29N5O4S. The summed E-state index contributed by atoms with van der Waals surface area (Å²) in [5.41, 5.74) is -0.297. The Kier molecular flexibility index (Phi) is 5.76. The van der Waals surface area contributed by atoms with Crippen molar-refractivity contribution in [1.82, 2.24) is 23.6 Å². The lowest BCUT2D eigenvalue weighted by Crippen LogP contribution is -2.41. The first-order chi connectivity index (χ1) is 12.7. The van der Waals surface area contributed by atoms with Gasteiger partial charge in [0.2, 0.25) is 15.9 Å². The summed E-state index contributed by atoms with van der Waals surface area (Å²) in [4.78, 5) is 26.8. The molecule has 9 nitrogen and oxygen atoms in total. The standard InChI is InChI=1S/C17H29N5O4S/c1-13-4-8-20(9-5-13)15(23)12-22-17(24)19(2)16(18-22)14-6-10-21(11-7-14)27(3,25)26/h13-14H,4-12H2,1-3H3. The molecule has 0 aliphatic carbocycles. The Morgan fingerprint density at radius 3 is 2.26 bits per heavy atom. The maximum Gasteiger partial charge on any atom is 0.346 e. The Hall–Kier alpha value is -1.68. The molecule has 10 heteroatoms. The number of carbonyl (C=O) groups excluding carboxylic acids is 1. The van der Waals surface area contributed by atoms with Crippen LogP contribution in [0.4, 0.5) is 0 Å². The van der Waals surface area contributed by atoms with Gasteiger partial charge in [-0.1, -0.05) is 6.92 Å². The first-order valence-corrected chi connectivity index (χ1v) is 11.4. The van der Waals surface area contributed by atoms with E-state index < -0.39 is 10.0 Å². The largest absolute Gasteiger partial charge is 0.346 e. The number of piperidine rings is 2. The van der Waals surface area contributed by atoms with Crippen LogP contribution in [0, 0.1) is 5.92 Å². The van der Waals surface area contributed by atoms with Crippen LogP contribution >= 0.6 is 0 Å². The number of aromatic nitrogens is 3. The van der Waals surface area contributed by atoms with Gasteiger partial charge in [0.25, 0.3) is 0 Å². The van der Waals surface area contributed by atoms with Crippen LogP contribution < -0.4 is 5.69 Å². The number of carbonyl (C=O) groups is 1. The number of likely N-dealkylation sites (tertiary alicyclic amines) is 1. The number of nitrogens with zero attached hydrogens (tertiary/aromatic N) is 5. The Bertz CT molecular complexity index is 843. The minimum absolute atomic E-state index is 0.0212. The molecule has 3 heterocycles. The van der Waals surface area contributed by atoms with Crippen molar-refractivity contribution in [3.05, 3.63) is 16.3 Å². The lowest BCUT2D eigenvalue weighted by molar-refractivity contribution is -0.133. The molecule has 1 aromatic rings. The molecule has 2 saturated heterocycles. The Morgan fingerprint density at radius 2 is 1.70 bits per heavy atom. The lowest BCUT2D eigenvalue weighted by Gasteiger charge is -2.30. The molecule has 0 aromatic carbocycles. The summed E-state index contributed by atoms with van der Waals surface area (Å²) in [5.74, 6) is 1.22. The molecule has 0 N–H and O–H groups in total. The van der Waals surface area contributed by atoms with Gasteiger partial charge in [-0.05, 0) is 31.6 Å². The van der Waals surface area contributed by atoms with Crippen molar-refractivity contribution >= 4 is 15.9 Å². The molecule has 2 fully saturated rings. The number of sulfonamides is 1. The van der Waals surface area contributed by atoms with E-state index in [-0.39, 0.29) is 24.1 Å². The Balaban J connectivity index is 1.68. The van der Waals surface area contributed by atoms with Gasteiger partial charge in [-0.3, -0.25) is 9.36 Å². The van der Waals surface area contributed by atoms with Crippen LogP contribution in [-0.2, 0) is 28.4 Å². The molecule has 0 spiro atoms. The summed E-state index contributed by atoms with van der Waals surface area (Å²) < 4.78 is 27.5. The molecule has 0 saturated carbocycles. The molecule has 3 rings (SSSR count). The maximum absolute atomic E-state index is 12.5. The first kappa shape index (κ1) is 20.1. The average Bonchev–Trinajstić information content (AvgIpc) is 2.90. The molecule has 1 amide bonds. The average molecular weight is 400 g/mol. The molecule has 0 unspecified atom stereocenters. The van der Waals surface area contributed by atoms with Gasteiger partial charge in [-0.25, -0.2) is 22.2 Å². The van der Waals surface area contributed by atoms with E-state index in [9.17, 15) is 18.0 Å². The van der Waals surface area contributed by atoms with Gasteiger partial charge in [-0.15, -0.1) is 0 Å². The highest BCUT2D eigenvalue weighted by atomic mass is 32.2. The number of amides is 1. The van der Waals surface area contributed by atoms with E-state index in [1.165, 1.54) is 19.8 Å². The first-order valence-electron chi connectivity index (χ1n) is 9.53. The summed E-state index contributed by atoms with van der Waals surface area (Å²) in [6.45, 7) is 4.47. The number of hydrogen-bond donors (Lipinski definition) is 0. The van der Waals surface area contributed by atoms with Gasteiger partial charge >= 0.3 is 5.69 Å². The van der Waals surface area contributed by atoms with Crippen molar-refractivity contribution in [3.8, 4) is 0 Å². The fourth-order valence-corrected chi connectivity index (χ4v) is 4.77. The van der Waals surface area contributed by atoms with Crippen molar-refractivity contribution in [2.75, 3.05) is 32.4 Å². The van der Waals surface area contributed by atoms with Gasteiger partial charge in [0.1, 0.15) is 12.4 Å². The summed E-state index contributed by atoms with van der Waals surface area (Å²) in [5, 5.41) is 4.42. The summed E-state index contributed by atoms with van der Waals surface area (Å²) >= 11 is 0. The molecule has 0 bridgehead atoms. The highest BCUT2D eigenvalue weighted by Gasteiger charge is 2.30. The van der Waals surface area contributed by atoms with Crippen LogP contribution in [0.3, 0.4) is 0 Å². The third-order valence-electron chi connectivity index (χ3n) is 5.78. The van der Waals surface area contributed by atoms with Crippen LogP contribution in [0.1, 0.15) is 44.3 Å². The Morgan fingerprint density at radius 1 is 1.11 bits per heavy atom. The van der Waals surface area contributed by atoms with E-state index in [1.807, 2.05) is 4.90 Å². The van der Waals surface area contributed by atoms with E-state index in [1.54, 1.807) is 7.05 Å². The van der Waals surface area contributed by atoms with Crippen LogP contribution in [0.2, 0.25) is 0 Å². The zero-order chi connectivity index (χ0) is 19.8. The Labute approximate surface area is 160 Å². The van der Waals surface area contributed by atoms with Crippen molar-refractivity contribution in [3.63, 3.8) is 0 Å². The van der Waals surface area contributed by atoms with E-state index in [4.69, 9.17) is 0 Å². The van der Waals surface area contributed by atoms with Crippen molar-refractivity contribution in [2.24, 2.45) is 13.0 Å². The predicted molar refractivity (Wildman–Crippen MR) is 101 cm³/mol. The summed E-state index contributed by atoms with van der Waals surface area (Å²) in [6, 6.07) is 0. The van der Waals surface area contributed by atoms with Crippen LogP contribution in [0.25, 0.3) is 0 Å². The lowest BCUT2D eigenvalue weighted by atomic mass is 9.97. The third-order valence-corrected chi connectivity index (χ3v) is 7.09. The second-order valence-corrected chi connectivity index (χ2v) is 9.84. The zero-order valence-corrected chi connectivity index (χ0v) is 17.1. The van der Waals surface area contributed by atoms with Crippen LogP contribution in [0.5, 0.6) is 0 Å².